The molecule has 0 unspecified atom stereocenters. The Morgan fingerprint density at radius 2 is 1.91 bits per heavy atom. The van der Waals surface area contributed by atoms with Gasteiger partial charge in [-0.1, -0.05) is 0 Å². The fraction of sp³-hybridized carbons (Fsp3) is 0.571. The molecule has 1 amide bonds. The topological polar surface area (TPSA) is 99.7 Å². The van der Waals surface area contributed by atoms with Crippen LogP contribution >= 0.6 is 24.0 Å². The van der Waals surface area contributed by atoms with Gasteiger partial charge in [-0.15, -0.1) is 24.0 Å². The van der Waals surface area contributed by atoms with Crippen LogP contribution in [0.4, 0.5) is 5.95 Å². The van der Waals surface area contributed by atoms with Crippen molar-refractivity contribution in [2.24, 2.45) is 10.7 Å². The van der Waals surface area contributed by atoms with E-state index >= 15 is 0 Å². The number of guanidine groups is 1. The van der Waals surface area contributed by atoms with Gasteiger partial charge < -0.3 is 20.9 Å². The Morgan fingerprint density at radius 1 is 1.30 bits per heavy atom. The van der Waals surface area contributed by atoms with E-state index in [2.05, 4.69) is 25.2 Å². The Morgan fingerprint density at radius 3 is 2.48 bits per heavy atom. The second kappa shape index (κ2) is 9.48. The summed E-state index contributed by atoms with van der Waals surface area (Å²) in [6.07, 6.45) is 3.47. The summed E-state index contributed by atoms with van der Waals surface area (Å²) in [5.74, 6) is 1.02. The number of aromatic nitrogens is 2. The van der Waals surface area contributed by atoms with Crippen LogP contribution in [0.25, 0.3) is 0 Å². The molecule has 0 radical (unpaired) electrons. The molecule has 0 spiro atoms. The van der Waals surface area contributed by atoms with Gasteiger partial charge >= 0.3 is 0 Å². The lowest BCUT2D eigenvalue weighted by Gasteiger charge is -2.35. The van der Waals surface area contributed by atoms with Gasteiger partial charge in [0.2, 0.25) is 11.9 Å². The standard InChI is InChI=1S/C14H23N7O.HI/c1-11(2)19-12(22)10-18-13(15)20-6-8-21(9-7-20)14-16-4-3-5-17-14;/h3-5,11H,6-10H2,1-2H3,(H2,15,18)(H,19,22);1H. The Balaban J connectivity index is 0.00000264. The predicted octanol–water partition coefficient (Wildman–Crippen LogP) is 0.0559. The summed E-state index contributed by atoms with van der Waals surface area (Å²) >= 11 is 0. The largest absolute Gasteiger partial charge is 0.370 e. The van der Waals surface area contributed by atoms with Crippen LogP contribution in [-0.2, 0) is 4.79 Å². The second-order valence-corrected chi connectivity index (χ2v) is 5.42. The van der Waals surface area contributed by atoms with Gasteiger partial charge in [-0.05, 0) is 19.9 Å². The summed E-state index contributed by atoms with van der Waals surface area (Å²) in [6, 6.07) is 1.91. The molecule has 0 atom stereocenters. The molecule has 0 bridgehead atoms. The van der Waals surface area contributed by atoms with E-state index in [1.165, 1.54) is 0 Å². The van der Waals surface area contributed by atoms with Crippen LogP contribution in [0.3, 0.4) is 0 Å². The first-order valence-electron chi connectivity index (χ1n) is 7.42. The van der Waals surface area contributed by atoms with E-state index in [0.29, 0.717) is 5.96 Å². The third-order valence-corrected chi connectivity index (χ3v) is 3.27. The van der Waals surface area contributed by atoms with E-state index in [1.54, 1.807) is 18.5 Å². The number of nitrogens with two attached hydrogens (primary N) is 1. The highest BCUT2D eigenvalue weighted by atomic mass is 127. The lowest BCUT2D eigenvalue weighted by atomic mass is 10.3. The summed E-state index contributed by atoms with van der Waals surface area (Å²) in [6.45, 7) is 6.91. The van der Waals surface area contributed by atoms with Gasteiger partial charge in [0.05, 0.1) is 0 Å². The minimum absolute atomic E-state index is 0. The summed E-state index contributed by atoms with van der Waals surface area (Å²) in [5, 5.41) is 2.78. The molecule has 0 aromatic carbocycles. The van der Waals surface area contributed by atoms with E-state index in [9.17, 15) is 4.79 Å². The van der Waals surface area contributed by atoms with Gasteiger partial charge in [0.15, 0.2) is 5.96 Å². The maximum absolute atomic E-state index is 11.6. The molecule has 8 nitrogen and oxygen atoms in total. The molecule has 2 rings (SSSR count). The SMILES string of the molecule is CC(C)NC(=O)CN=C(N)N1CCN(c2ncccn2)CC1.I. The first kappa shape index (κ1) is 19.4. The van der Waals surface area contributed by atoms with Crippen molar-refractivity contribution in [1.82, 2.24) is 20.2 Å². The van der Waals surface area contributed by atoms with Gasteiger partial charge in [0.25, 0.3) is 0 Å². The van der Waals surface area contributed by atoms with Gasteiger partial charge in [0.1, 0.15) is 6.54 Å². The molecule has 0 saturated carbocycles. The van der Waals surface area contributed by atoms with E-state index in [4.69, 9.17) is 5.73 Å². The highest BCUT2D eigenvalue weighted by molar-refractivity contribution is 14.0. The maximum Gasteiger partial charge on any atom is 0.242 e. The first-order valence-corrected chi connectivity index (χ1v) is 7.42. The smallest absolute Gasteiger partial charge is 0.242 e. The van der Waals surface area contributed by atoms with Crippen LogP contribution in [0, 0.1) is 0 Å². The van der Waals surface area contributed by atoms with Crippen LogP contribution in [0.1, 0.15) is 13.8 Å². The van der Waals surface area contributed by atoms with Crippen LogP contribution in [0.2, 0.25) is 0 Å². The molecule has 9 heteroatoms. The zero-order valence-corrected chi connectivity index (χ0v) is 15.8. The monoisotopic (exact) mass is 433 g/mol. The Hall–Kier alpha value is -1.65. The normalized spacial score (nSPS) is 15.3. The van der Waals surface area contributed by atoms with Crippen molar-refractivity contribution < 1.29 is 4.79 Å². The number of nitrogens with zero attached hydrogens (tertiary/aromatic N) is 5. The number of aliphatic imine (C=N–C) groups is 1. The van der Waals surface area contributed by atoms with Gasteiger partial charge in [0, 0.05) is 44.6 Å². The number of amides is 1. The molecule has 1 aliphatic heterocycles. The van der Waals surface area contributed by atoms with Crippen molar-refractivity contribution in [3.8, 4) is 0 Å². The van der Waals surface area contributed by atoms with E-state index in [-0.39, 0.29) is 42.5 Å². The molecule has 23 heavy (non-hydrogen) atoms. The van der Waals surface area contributed by atoms with Crippen LogP contribution in [0.5, 0.6) is 0 Å². The lowest BCUT2D eigenvalue weighted by molar-refractivity contribution is -0.120. The quantitative estimate of drug-likeness (QED) is 0.396. The number of carbonyl (C=O) groups is 1. The predicted molar refractivity (Wildman–Crippen MR) is 101 cm³/mol. The second-order valence-electron chi connectivity index (χ2n) is 5.42. The minimum atomic E-state index is -0.116. The van der Waals surface area contributed by atoms with Gasteiger partial charge in [-0.25, -0.2) is 15.0 Å². The summed E-state index contributed by atoms with van der Waals surface area (Å²) in [7, 11) is 0. The van der Waals surface area contributed by atoms with Crippen molar-refractivity contribution in [2.75, 3.05) is 37.6 Å². The molecule has 1 saturated heterocycles. The molecule has 1 aromatic heterocycles. The van der Waals surface area contributed by atoms with E-state index < -0.39 is 0 Å². The third kappa shape index (κ3) is 6.16. The Kier molecular flexibility index (Phi) is 8.00. The fourth-order valence-corrected chi connectivity index (χ4v) is 2.21. The van der Waals surface area contributed by atoms with Crippen molar-refractivity contribution >= 4 is 41.8 Å². The Labute approximate surface area is 153 Å². The number of rotatable bonds is 4. The fourth-order valence-electron chi connectivity index (χ4n) is 2.21. The minimum Gasteiger partial charge on any atom is -0.370 e. The van der Waals surface area contributed by atoms with Crippen molar-refractivity contribution in [3.05, 3.63) is 18.5 Å². The summed E-state index contributed by atoms with van der Waals surface area (Å²) in [4.78, 5) is 28.3. The first-order chi connectivity index (χ1) is 10.6. The number of hydrogen-bond donors (Lipinski definition) is 2. The zero-order valence-electron chi connectivity index (χ0n) is 13.5. The molecular formula is C14H24IN7O. The van der Waals surface area contributed by atoms with Crippen LogP contribution in [-0.4, -0.2) is 65.5 Å². The third-order valence-electron chi connectivity index (χ3n) is 3.27. The van der Waals surface area contributed by atoms with Crippen molar-refractivity contribution in [1.29, 1.82) is 0 Å². The lowest BCUT2D eigenvalue weighted by Crippen LogP contribution is -2.51. The molecule has 1 aromatic rings. The molecule has 128 valence electrons. The zero-order chi connectivity index (χ0) is 15.9. The van der Waals surface area contributed by atoms with Gasteiger partial charge in [-0.3, -0.25) is 4.79 Å². The Bertz CT molecular complexity index is 515. The number of anilines is 1. The van der Waals surface area contributed by atoms with Crippen molar-refractivity contribution in [3.63, 3.8) is 0 Å². The number of halogens is 1. The number of nitrogens with one attached hydrogen (secondary N) is 1. The average molecular weight is 433 g/mol. The van der Waals surface area contributed by atoms with Gasteiger partial charge in [-0.2, -0.15) is 0 Å². The number of carbonyl (C=O) groups excluding carboxylic acids is 1. The molecule has 0 aliphatic carbocycles. The van der Waals surface area contributed by atoms with Crippen LogP contribution in [0.15, 0.2) is 23.5 Å². The highest BCUT2D eigenvalue weighted by Crippen LogP contribution is 2.09. The van der Waals surface area contributed by atoms with E-state index in [0.717, 1.165) is 32.1 Å². The number of piperazine rings is 1. The average Bonchev–Trinajstić information content (AvgIpc) is 2.53. The number of hydrogen-bond acceptors (Lipinski definition) is 5. The summed E-state index contributed by atoms with van der Waals surface area (Å²) < 4.78 is 0. The molecule has 1 fully saturated rings. The highest BCUT2D eigenvalue weighted by Gasteiger charge is 2.20. The maximum atomic E-state index is 11.6. The van der Waals surface area contributed by atoms with E-state index in [1.807, 2.05) is 18.7 Å². The molecule has 3 N–H and O–H groups in total. The summed E-state index contributed by atoms with van der Waals surface area (Å²) in [5.41, 5.74) is 5.96. The molecule has 1 aliphatic rings. The molecular weight excluding hydrogens is 409 g/mol. The molecule has 2 heterocycles. The van der Waals surface area contributed by atoms with Crippen molar-refractivity contribution in [2.45, 2.75) is 19.9 Å². The van der Waals surface area contributed by atoms with Crippen LogP contribution < -0.4 is 16.0 Å².